The first kappa shape index (κ1) is 20.4. The second-order valence-corrected chi connectivity index (χ2v) is 8.23. The maximum atomic E-state index is 11.0. The summed E-state index contributed by atoms with van der Waals surface area (Å²) in [6, 6.07) is 23.0. The molecule has 0 saturated heterocycles. The van der Waals surface area contributed by atoms with Crippen LogP contribution in [0.1, 0.15) is 43.7 Å². The summed E-state index contributed by atoms with van der Waals surface area (Å²) in [4.78, 5) is 11.0. The SMILES string of the molecule is CC(Oc1ccc(C2(NCCc3cccc4ccccc34)CCCC2)cc1)C(=O)O. The van der Waals surface area contributed by atoms with E-state index in [4.69, 9.17) is 9.84 Å². The van der Waals surface area contributed by atoms with Gasteiger partial charge in [-0.2, -0.15) is 0 Å². The van der Waals surface area contributed by atoms with Gasteiger partial charge in [0, 0.05) is 12.1 Å². The van der Waals surface area contributed by atoms with Crippen molar-refractivity contribution in [3.05, 3.63) is 77.9 Å². The van der Waals surface area contributed by atoms with Crippen LogP contribution in [-0.4, -0.2) is 23.7 Å². The Labute approximate surface area is 177 Å². The van der Waals surface area contributed by atoms with Crippen LogP contribution in [0.5, 0.6) is 5.75 Å². The van der Waals surface area contributed by atoms with Crippen LogP contribution < -0.4 is 10.1 Å². The van der Waals surface area contributed by atoms with Gasteiger partial charge in [-0.25, -0.2) is 4.79 Å². The molecule has 4 nitrogen and oxygen atoms in total. The van der Waals surface area contributed by atoms with Gasteiger partial charge in [0.15, 0.2) is 6.10 Å². The molecule has 1 unspecified atom stereocenters. The number of rotatable bonds is 8. The molecule has 1 atom stereocenters. The van der Waals surface area contributed by atoms with Crippen molar-refractivity contribution < 1.29 is 14.6 Å². The highest BCUT2D eigenvalue weighted by molar-refractivity contribution is 5.85. The molecular formula is C26H29NO3. The summed E-state index contributed by atoms with van der Waals surface area (Å²) < 4.78 is 5.49. The third-order valence-electron chi connectivity index (χ3n) is 6.26. The van der Waals surface area contributed by atoms with E-state index in [-0.39, 0.29) is 5.54 Å². The molecule has 3 aromatic rings. The lowest BCUT2D eigenvalue weighted by molar-refractivity contribution is -0.144. The Balaban J connectivity index is 1.46. The summed E-state index contributed by atoms with van der Waals surface area (Å²) in [5, 5.41) is 15.5. The Morgan fingerprint density at radius 1 is 1.03 bits per heavy atom. The van der Waals surface area contributed by atoms with Crippen molar-refractivity contribution in [2.45, 2.75) is 50.7 Å². The normalized spacial score (nSPS) is 16.4. The van der Waals surface area contributed by atoms with Crippen LogP contribution in [-0.2, 0) is 16.8 Å². The maximum Gasteiger partial charge on any atom is 0.344 e. The summed E-state index contributed by atoms with van der Waals surface area (Å²) in [5.74, 6) is -0.362. The first-order valence-corrected chi connectivity index (χ1v) is 10.8. The van der Waals surface area contributed by atoms with Crippen molar-refractivity contribution in [3.63, 3.8) is 0 Å². The molecular weight excluding hydrogens is 374 g/mol. The Morgan fingerprint density at radius 3 is 2.47 bits per heavy atom. The van der Waals surface area contributed by atoms with E-state index in [9.17, 15) is 4.79 Å². The average Bonchev–Trinajstić information content (AvgIpc) is 3.24. The van der Waals surface area contributed by atoms with Crippen LogP contribution in [0.2, 0.25) is 0 Å². The summed E-state index contributed by atoms with van der Waals surface area (Å²) in [5.41, 5.74) is 2.62. The minimum absolute atomic E-state index is 0.0124. The second-order valence-electron chi connectivity index (χ2n) is 8.23. The van der Waals surface area contributed by atoms with Gasteiger partial charge in [-0.1, -0.05) is 67.4 Å². The number of nitrogens with one attached hydrogen (secondary N) is 1. The largest absolute Gasteiger partial charge is 0.479 e. The Kier molecular flexibility index (Phi) is 6.05. The standard InChI is InChI=1S/C26H29NO3/c1-19(25(28)29)30-23-13-11-22(12-14-23)26(16-4-5-17-26)27-18-15-21-9-6-8-20-7-2-3-10-24(20)21/h2-3,6-14,19,27H,4-5,15-18H2,1H3,(H,28,29). The van der Waals surface area contributed by atoms with E-state index in [1.165, 1.54) is 34.7 Å². The highest BCUT2D eigenvalue weighted by Crippen LogP contribution is 2.39. The molecule has 0 heterocycles. The smallest absolute Gasteiger partial charge is 0.344 e. The highest BCUT2D eigenvalue weighted by Gasteiger charge is 2.34. The van der Waals surface area contributed by atoms with Crippen LogP contribution >= 0.6 is 0 Å². The molecule has 4 rings (SSSR count). The number of fused-ring (bicyclic) bond motifs is 1. The van der Waals surface area contributed by atoms with E-state index in [1.807, 2.05) is 12.1 Å². The van der Waals surface area contributed by atoms with Crippen LogP contribution in [0.25, 0.3) is 10.8 Å². The molecule has 0 spiro atoms. The molecule has 1 fully saturated rings. The zero-order chi connectivity index (χ0) is 21.0. The third kappa shape index (κ3) is 4.34. The van der Waals surface area contributed by atoms with Gasteiger partial charge in [-0.05, 0) is 60.2 Å². The first-order chi connectivity index (χ1) is 14.6. The quantitative estimate of drug-likeness (QED) is 0.536. The summed E-state index contributed by atoms with van der Waals surface area (Å²) in [7, 11) is 0. The summed E-state index contributed by atoms with van der Waals surface area (Å²) >= 11 is 0. The van der Waals surface area contributed by atoms with Crippen LogP contribution in [0, 0.1) is 0 Å². The van der Waals surface area contributed by atoms with Crippen LogP contribution in [0.4, 0.5) is 0 Å². The van der Waals surface area contributed by atoms with E-state index in [1.54, 1.807) is 6.92 Å². The maximum absolute atomic E-state index is 11.0. The molecule has 0 radical (unpaired) electrons. The molecule has 156 valence electrons. The van der Waals surface area contributed by atoms with Gasteiger partial charge in [0.25, 0.3) is 0 Å². The first-order valence-electron chi connectivity index (χ1n) is 10.8. The molecule has 0 aliphatic heterocycles. The van der Waals surface area contributed by atoms with Crippen molar-refractivity contribution in [3.8, 4) is 5.75 Å². The van der Waals surface area contributed by atoms with Gasteiger partial charge < -0.3 is 15.2 Å². The predicted molar refractivity (Wildman–Crippen MR) is 120 cm³/mol. The zero-order valence-corrected chi connectivity index (χ0v) is 17.4. The molecule has 2 N–H and O–H groups in total. The highest BCUT2D eigenvalue weighted by atomic mass is 16.5. The monoisotopic (exact) mass is 403 g/mol. The van der Waals surface area contributed by atoms with E-state index < -0.39 is 12.1 Å². The Bertz CT molecular complexity index is 1000. The lowest BCUT2D eigenvalue weighted by Crippen LogP contribution is -2.41. The van der Waals surface area contributed by atoms with Gasteiger partial charge in [-0.15, -0.1) is 0 Å². The fourth-order valence-corrected chi connectivity index (χ4v) is 4.60. The van der Waals surface area contributed by atoms with Crippen molar-refractivity contribution in [2.24, 2.45) is 0 Å². The predicted octanol–water partition coefficient (Wildman–Crippen LogP) is 5.29. The minimum Gasteiger partial charge on any atom is -0.479 e. The Morgan fingerprint density at radius 2 is 1.73 bits per heavy atom. The topological polar surface area (TPSA) is 58.6 Å². The molecule has 0 amide bonds. The van der Waals surface area contributed by atoms with Gasteiger partial charge in [0.1, 0.15) is 5.75 Å². The van der Waals surface area contributed by atoms with E-state index >= 15 is 0 Å². The fourth-order valence-electron chi connectivity index (χ4n) is 4.60. The van der Waals surface area contributed by atoms with Crippen LogP contribution in [0.15, 0.2) is 66.7 Å². The molecule has 3 aromatic carbocycles. The molecule has 1 saturated carbocycles. The van der Waals surface area contributed by atoms with Gasteiger partial charge in [-0.3, -0.25) is 0 Å². The van der Waals surface area contributed by atoms with Crippen molar-refractivity contribution >= 4 is 16.7 Å². The Hall–Kier alpha value is -2.85. The fraction of sp³-hybridized carbons (Fsp3) is 0.346. The van der Waals surface area contributed by atoms with Crippen molar-refractivity contribution in [2.75, 3.05) is 6.54 Å². The second kappa shape index (κ2) is 8.88. The average molecular weight is 404 g/mol. The number of aliphatic carboxylic acids is 1. The number of carboxylic acid groups (broad SMARTS) is 1. The number of hydrogen-bond donors (Lipinski definition) is 2. The third-order valence-corrected chi connectivity index (χ3v) is 6.26. The molecule has 4 heteroatoms. The van der Waals surface area contributed by atoms with Crippen molar-refractivity contribution in [1.82, 2.24) is 5.32 Å². The van der Waals surface area contributed by atoms with Gasteiger partial charge in [0.05, 0.1) is 0 Å². The van der Waals surface area contributed by atoms with Crippen LogP contribution in [0.3, 0.4) is 0 Å². The molecule has 30 heavy (non-hydrogen) atoms. The number of ether oxygens (including phenoxy) is 1. The van der Waals surface area contributed by atoms with Gasteiger partial charge >= 0.3 is 5.97 Å². The molecule has 0 aromatic heterocycles. The summed E-state index contributed by atoms with van der Waals surface area (Å²) in [6.45, 7) is 2.46. The number of carbonyl (C=O) groups is 1. The number of carboxylic acids is 1. The zero-order valence-electron chi connectivity index (χ0n) is 17.4. The lowest BCUT2D eigenvalue weighted by atomic mass is 9.87. The van der Waals surface area contributed by atoms with Gasteiger partial charge in [0.2, 0.25) is 0 Å². The number of benzene rings is 3. The molecule has 1 aliphatic carbocycles. The van der Waals surface area contributed by atoms with E-state index in [0.717, 1.165) is 25.8 Å². The summed E-state index contributed by atoms with van der Waals surface area (Å²) in [6.07, 6.45) is 4.81. The number of hydrogen-bond acceptors (Lipinski definition) is 3. The lowest BCUT2D eigenvalue weighted by Gasteiger charge is -2.31. The van der Waals surface area contributed by atoms with Crippen molar-refractivity contribution in [1.29, 1.82) is 0 Å². The van der Waals surface area contributed by atoms with E-state index in [0.29, 0.717) is 5.75 Å². The minimum atomic E-state index is -0.957. The van der Waals surface area contributed by atoms with E-state index in [2.05, 4.69) is 59.9 Å². The molecule has 1 aliphatic rings. The molecule has 0 bridgehead atoms.